The monoisotopic (exact) mass is 508 g/mol. The van der Waals surface area contributed by atoms with Crippen molar-refractivity contribution in [2.45, 2.75) is 29.2 Å². The number of carbonyl (C=O) groups excluding carboxylic acids is 1. The van der Waals surface area contributed by atoms with Crippen LogP contribution < -0.4 is 20.1 Å². The van der Waals surface area contributed by atoms with E-state index in [9.17, 15) is 30.8 Å². The minimum absolute atomic E-state index is 0.102. The number of ether oxygens (including phenoxy) is 1. The van der Waals surface area contributed by atoms with Crippen LogP contribution in [0.2, 0.25) is 0 Å². The minimum Gasteiger partial charge on any atom is -0.491 e. The molecule has 0 radical (unpaired) electrons. The maximum absolute atomic E-state index is 14.5. The zero-order chi connectivity index (χ0) is 24.8. The van der Waals surface area contributed by atoms with Gasteiger partial charge in [-0.2, -0.15) is 4.39 Å². The Kier molecular flexibility index (Phi) is 6.56. The molecule has 2 aromatic rings. The largest absolute Gasteiger partial charge is 0.491 e. The number of aromatic nitrogens is 1. The topological polar surface area (TPSA) is 115 Å². The van der Waals surface area contributed by atoms with Gasteiger partial charge >= 0.3 is 0 Å². The average molecular weight is 509 g/mol. The van der Waals surface area contributed by atoms with Gasteiger partial charge in [0.2, 0.25) is 5.82 Å². The van der Waals surface area contributed by atoms with Crippen molar-refractivity contribution in [3.8, 4) is 5.75 Å². The number of hydrogen-bond donors (Lipinski definition) is 3. The fourth-order valence-corrected chi connectivity index (χ4v) is 4.92. The fourth-order valence-electron chi connectivity index (χ4n) is 3.80. The van der Waals surface area contributed by atoms with Crippen LogP contribution in [0.25, 0.3) is 0 Å². The third kappa shape index (κ3) is 4.59. The number of halogens is 4. The van der Waals surface area contributed by atoms with Gasteiger partial charge in [0.25, 0.3) is 21.9 Å². The first-order chi connectivity index (χ1) is 15.2. The summed E-state index contributed by atoms with van der Waals surface area (Å²) >= 11 is 4.33. The Morgan fingerprint density at radius 2 is 2.03 bits per heavy atom. The fraction of sp³-hybridized carbons (Fsp3) is 0.368. The number of nitrogens with zero attached hydrogens (tertiary/aromatic N) is 2. The lowest BCUT2D eigenvalue weighted by molar-refractivity contribution is -0.124. The molecule has 0 bridgehead atoms. The molecule has 1 aromatic heterocycles. The van der Waals surface area contributed by atoms with E-state index in [1.165, 1.54) is 6.07 Å². The van der Waals surface area contributed by atoms with E-state index in [0.29, 0.717) is 6.92 Å². The van der Waals surface area contributed by atoms with Crippen molar-refractivity contribution >= 4 is 39.9 Å². The molecule has 1 saturated heterocycles. The van der Waals surface area contributed by atoms with Gasteiger partial charge < -0.3 is 15.0 Å². The van der Waals surface area contributed by atoms with Crippen LogP contribution in [-0.4, -0.2) is 43.8 Å². The second kappa shape index (κ2) is 8.65. The van der Waals surface area contributed by atoms with Crippen LogP contribution in [0.15, 0.2) is 35.5 Å². The van der Waals surface area contributed by atoms with Crippen molar-refractivity contribution in [1.82, 2.24) is 4.98 Å². The van der Waals surface area contributed by atoms with Gasteiger partial charge in [-0.25, -0.2) is 31.7 Å². The summed E-state index contributed by atoms with van der Waals surface area (Å²) in [4.78, 5) is 15.7. The minimum atomic E-state index is -4.21. The SMILES string of the molecule is COc1c(N2CC[C@@H](C(C)(F)F)C2(S)C(=O)Nc2ccnc(S(N)(=O)=O)c2)ccc(F)c1F. The highest BCUT2D eigenvalue weighted by molar-refractivity contribution is 7.89. The molecule has 1 aliphatic heterocycles. The Hall–Kier alpha value is -2.58. The molecule has 33 heavy (non-hydrogen) atoms. The Labute approximate surface area is 192 Å². The summed E-state index contributed by atoms with van der Waals surface area (Å²) in [6.45, 7) is 0.457. The number of thiol groups is 1. The number of anilines is 2. The molecule has 0 saturated carbocycles. The summed E-state index contributed by atoms with van der Waals surface area (Å²) in [5, 5.41) is 6.82. The Balaban J connectivity index is 2.09. The van der Waals surface area contributed by atoms with E-state index in [1.807, 2.05) is 0 Å². The molecule has 180 valence electrons. The molecule has 1 aromatic carbocycles. The predicted octanol–water partition coefficient (Wildman–Crippen LogP) is 2.76. The van der Waals surface area contributed by atoms with Crippen molar-refractivity contribution < 1.29 is 35.5 Å². The quantitative estimate of drug-likeness (QED) is 0.409. The maximum Gasteiger partial charge on any atom is 0.261 e. The van der Waals surface area contributed by atoms with E-state index in [4.69, 9.17) is 9.88 Å². The lowest BCUT2D eigenvalue weighted by Gasteiger charge is -2.40. The van der Waals surface area contributed by atoms with E-state index in [-0.39, 0.29) is 24.3 Å². The van der Waals surface area contributed by atoms with Crippen molar-refractivity contribution in [2.24, 2.45) is 11.1 Å². The molecule has 3 N–H and O–H groups in total. The van der Waals surface area contributed by atoms with E-state index in [1.54, 1.807) is 0 Å². The second-order valence-electron chi connectivity index (χ2n) is 7.47. The number of carbonyl (C=O) groups is 1. The van der Waals surface area contributed by atoms with Crippen LogP contribution in [0.4, 0.5) is 28.9 Å². The Morgan fingerprint density at radius 3 is 2.61 bits per heavy atom. The van der Waals surface area contributed by atoms with Crippen molar-refractivity contribution in [2.75, 3.05) is 23.9 Å². The van der Waals surface area contributed by atoms with Gasteiger partial charge in [-0.05, 0) is 31.5 Å². The molecule has 1 amide bonds. The highest BCUT2D eigenvalue weighted by Crippen LogP contribution is 2.51. The predicted molar refractivity (Wildman–Crippen MR) is 115 cm³/mol. The summed E-state index contributed by atoms with van der Waals surface area (Å²) in [6, 6.07) is 4.04. The van der Waals surface area contributed by atoms with E-state index in [2.05, 4.69) is 22.9 Å². The normalized spacial score (nSPS) is 21.2. The molecular weight excluding hydrogens is 488 g/mol. The molecule has 3 rings (SSSR count). The first-order valence-corrected chi connectivity index (χ1v) is 11.4. The number of pyridine rings is 1. The number of nitrogens with two attached hydrogens (primary N) is 1. The number of nitrogens with one attached hydrogen (secondary N) is 1. The average Bonchev–Trinajstić information content (AvgIpc) is 3.08. The van der Waals surface area contributed by atoms with Crippen LogP contribution in [0.1, 0.15) is 13.3 Å². The van der Waals surface area contributed by atoms with Gasteiger partial charge in [-0.3, -0.25) is 4.79 Å². The molecule has 1 unspecified atom stereocenters. The third-order valence-electron chi connectivity index (χ3n) is 5.29. The van der Waals surface area contributed by atoms with Gasteiger partial charge in [-0.1, -0.05) is 0 Å². The summed E-state index contributed by atoms with van der Waals surface area (Å²) in [5.74, 6) is -9.29. The number of alkyl halides is 2. The van der Waals surface area contributed by atoms with Crippen LogP contribution in [0.5, 0.6) is 5.75 Å². The van der Waals surface area contributed by atoms with Crippen molar-refractivity contribution in [1.29, 1.82) is 0 Å². The molecule has 1 fully saturated rings. The molecule has 2 heterocycles. The summed E-state index contributed by atoms with van der Waals surface area (Å²) in [7, 11) is -3.14. The molecule has 0 spiro atoms. The van der Waals surface area contributed by atoms with Crippen LogP contribution >= 0.6 is 12.6 Å². The smallest absolute Gasteiger partial charge is 0.261 e. The number of rotatable bonds is 6. The van der Waals surface area contributed by atoms with Crippen LogP contribution in [0, 0.1) is 17.6 Å². The van der Waals surface area contributed by atoms with Crippen LogP contribution in [-0.2, 0) is 14.8 Å². The van der Waals surface area contributed by atoms with E-state index >= 15 is 0 Å². The number of amides is 1. The van der Waals surface area contributed by atoms with E-state index < -0.39 is 55.1 Å². The summed E-state index contributed by atoms with van der Waals surface area (Å²) in [6.07, 6.45) is 0.832. The molecule has 1 aliphatic rings. The molecule has 8 nitrogen and oxygen atoms in total. The number of benzene rings is 1. The van der Waals surface area contributed by atoms with Gasteiger partial charge in [0, 0.05) is 24.5 Å². The third-order valence-corrected chi connectivity index (χ3v) is 6.86. The van der Waals surface area contributed by atoms with Crippen molar-refractivity contribution in [3.63, 3.8) is 0 Å². The number of primary sulfonamides is 1. The Bertz CT molecular complexity index is 1190. The lowest BCUT2D eigenvalue weighted by atomic mass is 9.92. The zero-order valence-electron chi connectivity index (χ0n) is 17.4. The second-order valence-corrected chi connectivity index (χ2v) is 9.66. The standard InChI is InChI=1S/C19H20F4N4O4S2/c1-18(22,23)13-6-8-27(12-4-3-11(20)15(21)16(12)31-2)19(13,32)17(28)26-10-5-7-25-14(9-10)33(24,29)30/h3-5,7,9,13,32H,6,8H2,1-2H3,(H2,24,29,30)(H,25,26,28)/t13-,19?/m0/s1. The van der Waals surface area contributed by atoms with Crippen LogP contribution in [0.3, 0.4) is 0 Å². The first kappa shape index (κ1) is 25.1. The first-order valence-electron chi connectivity index (χ1n) is 9.41. The highest BCUT2D eigenvalue weighted by atomic mass is 32.2. The molecule has 14 heteroatoms. The molecule has 2 atom stereocenters. The zero-order valence-corrected chi connectivity index (χ0v) is 19.1. The number of sulfonamides is 1. The highest BCUT2D eigenvalue weighted by Gasteiger charge is 2.60. The summed E-state index contributed by atoms with van der Waals surface area (Å²) in [5.41, 5.74) is -0.261. The molecular formula is C19H20F4N4O4S2. The molecule has 0 aliphatic carbocycles. The number of methoxy groups -OCH3 is 1. The van der Waals surface area contributed by atoms with Gasteiger partial charge in [0.05, 0.1) is 18.7 Å². The van der Waals surface area contributed by atoms with Gasteiger partial charge in [0.15, 0.2) is 21.5 Å². The van der Waals surface area contributed by atoms with E-state index in [0.717, 1.165) is 36.4 Å². The number of hydrogen-bond acceptors (Lipinski definition) is 7. The maximum atomic E-state index is 14.5. The summed E-state index contributed by atoms with van der Waals surface area (Å²) < 4.78 is 85.1. The van der Waals surface area contributed by atoms with Crippen molar-refractivity contribution in [3.05, 3.63) is 42.1 Å². The Morgan fingerprint density at radius 1 is 1.36 bits per heavy atom. The van der Waals surface area contributed by atoms with Gasteiger partial charge in [0.1, 0.15) is 0 Å². The van der Waals surface area contributed by atoms with Gasteiger partial charge in [-0.15, -0.1) is 12.6 Å². The lowest BCUT2D eigenvalue weighted by Crippen LogP contribution is -2.56.